The third-order valence-electron chi connectivity index (χ3n) is 4.43. The van der Waals surface area contributed by atoms with E-state index >= 15 is 0 Å². The number of anilines is 1. The van der Waals surface area contributed by atoms with Crippen molar-refractivity contribution in [1.82, 2.24) is 19.9 Å². The second-order valence-corrected chi connectivity index (χ2v) is 6.12. The summed E-state index contributed by atoms with van der Waals surface area (Å²) >= 11 is 0. The number of carbonyl (C=O) groups excluding carboxylic acids is 1. The van der Waals surface area contributed by atoms with Gasteiger partial charge >= 0.3 is 0 Å². The first-order chi connectivity index (χ1) is 12.1. The summed E-state index contributed by atoms with van der Waals surface area (Å²) in [4.78, 5) is 16.8. The highest BCUT2D eigenvalue weighted by atomic mass is 16.5. The first-order valence-electron chi connectivity index (χ1n) is 8.43. The third kappa shape index (κ3) is 3.58. The summed E-state index contributed by atoms with van der Waals surface area (Å²) in [5.74, 6) is 0.759. The number of carbonyl (C=O) groups is 1. The van der Waals surface area contributed by atoms with Gasteiger partial charge in [0.25, 0.3) is 5.91 Å². The summed E-state index contributed by atoms with van der Waals surface area (Å²) < 4.78 is 7.05. The fraction of sp³-hybridized carbons (Fsp3) is 0.471. The zero-order valence-electron chi connectivity index (χ0n) is 14.6. The van der Waals surface area contributed by atoms with Gasteiger partial charge in [0.15, 0.2) is 5.69 Å². The zero-order chi connectivity index (χ0) is 17.8. The first-order valence-corrected chi connectivity index (χ1v) is 8.43. The van der Waals surface area contributed by atoms with Gasteiger partial charge in [-0.05, 0) is 19.1 Å². The van der Waals surface area contributed by atoms with Crippen LogP contribution in [0.25, 0.3) is 0 Å². The first kappa shape index (κ1) is 17.2. The van der Waals surface area contributed by atoms with E-state index in [2.05, 4.69) is 15.2 Å². The largest absolute Gasteiger partial charge is 0.495 e. The van der Waals surface area contributed by atoms with E-state index in [-0.39, 0.29) is 11.9 Å². The van der Waals surface area contributed by atoms with Crippen LogP contribution in [0.5, 0.6) is 5.75 Å². The van der Waals surface area contributed by atoms with Gasteiger partial charge in [0, 0.05) is 32.2 Å². The Morgan fingerprint density at radius 1 is 1.36 bits per heavy atom. The van der Waals surface area contributed by atoms with Crippen LogP contribution in [0.1, 0.15) is 17.4 Å². The Morgan fingerprint density at radius 2 is 2.16 bits per heavy atom. The summed E-state index contributed by atoms with van der Waals surface area (Å²) in [7, 11) is 1.67. The van der Waals surface area contributed by atoms with Crippen molar-refractivity contribution in [2.75, 3.05) is 38.2 Å². The highest BCUT2D eigenvalue weighted by molar-refractivity contribution is 5.92. The molecule has 1 aromatic carbocycles. The molecule has 0 radical (unpaired) electrons. The minimum atomic E-state index is -0.0875. The van der Waals surface area contributed by atoms with Crippen LogP contribution in [0.4, 0.5) is 5.69 Å². The molecule has 3 rings (SSSR count). The van der Waals surface area contributed by atoms with Gasteiger partial charge in [-0.1, -0.05) is 17.3 Å². The maximum Gasteiger partial charge on any atom is 0.276 e. The molecular formula is C17H24N6O2. The molecule has 0 saturated carbocycles. The predicted octanol–water partition coefficient (Wildman–Crippen LogP) is 0.596. The van der Waals surface area contributed by atoms with Crippen molar-refractivity contribution in [2.24, 2.45) is 5.73 Å². The Hall–Kier alpha value is -2.61. The lowest BCUT2D eigenvalue weighted by atomic mass is 10.1. The summed E-state index contributed by atoms with van der Waals surface area (Å²) in [6, 6.07) is 8.01. The molecule has 0 bridgehead atoms. The molecule has 25 heavy (non-hydrogen) atoms. The normalized spacial score (nSPS) is 17.6. The molecule has 1 aromatic heterocycles. The Bertz CT molecular complexity index is 731. The van der Waals surface area contributed by atoms with E-state index < -0.39 is 0 Å². The van der Waals surface area contributed by atoms with Crippen LogP contribution < -0.4 is 15.4 Å². The number of nitrogens with two attached hydrogens (primary N) is 1. The van der Waals surface area contributed by atoms with Crippen LogP contribution in [0.3, 0.4) is 0 Å². The molecule has 1 aliphatic rings. The molecule has 1 amide bonds. The Morgan fingerprint density at radius 3 is 2.88 bits per heavy atom. The van der Waals surface area contributed by atoms with Crippen LogP contribution in [0.2, 0.25) is 0 Å². The molecular weight excluding hydrogens is 320 g/mol. The molecule has 134 valence electrons. The van der Waals surface area contributed by atoms with E-state index in [1.54, 1.807) is 18.0 Å². The summed E-state index contributed by atoms with van der Waals surface area (Å²) in [5.41, 5.74) is 6.93. The molecule has 0 spiro atoms. The van der Waals surface area contributed by atoms with Gasteiger partial charge in [-0.15, -0.1) is 5.10 Å². The van der Waals surface area contributed by atoms with Gasteiger partial charge in [-0.3, -0.25) is 9.48 Å². The Balaban J connectivity index is 1.69. The van der Waals surface area contributed by atoms with Gasteiger partial charge in [-0.25, -0.2) is 0 Å². The molecule has 0 unspecified atom stereocenters. The number of rotatable bonds is 5. The van der Waals surface area contributed by atoms with Crippen LogP contribution in [-0.2, 0) is 6.54 Å². The lowest BCUT2D eigenvalue weighted by Gasteiger charge is -2.41. The highest BCUT2D eigenvalue weighted by Gasteiger charge is 2.30. The van der Waals surface area contributed by atoms with Gasteiger partial charge in [0.1, 0.15) is 5.75 Å². The van der Waals surface area contributed by atoms with Crippen molar-refractivity contribution in [3.63, 3.8) is 0 Å². The van der Waals surface area contributed by atoms with Crippen molar-refractivity contribution < 1.29 is 9.53 Å². The van der Waals surface area contributed by atoms with Crippen molar-refractivity contribution in [2.45, 2.75) is 19.5 Å². The van der Waals surface area contributed by atoms with Crippen molar-refractivity contribution in [1.29, 1.82) is 0 Å². The number of ether oxygens (including phenoxy) is 1. The molecule has 1 atom stereocenters. The van der Waals surface area contributed by atoms with E-state index in [0.717, 1.165) is 24.5 Å². The molecule has 2 N–H and O–H groups in total. The molecule has 2 aromatic rings. The molecule has 1 aliphatic heterocycles. The van der Waals surface area contributed by atoms with Crippen LogP contribution in [-0.4, -0.2) is 65.1 Å². The second-order valence-electron chi connectivity index (χ2n) is 6.12. The van der Waals surface area contributed by atoms with Gasteiger partial charge < -0.3 is 20.3 Å². The van der Waals surface area contributed by atoms with Gasteiger partial charge in [0.2, 0.25) is 0 Å². The number of aromatic nitrogens is 3. The quantitative estimate of drug-likeness (QED) is 0.854. The van der Waals surface area contributed by atoms with Crippen molar-refractivity contribution in [3.8, 4) is 5.75 Å². The van der Waals surface area contributed by atoms with Crippen molar-refractivity contribution >= 4 is 11.6 Å². The lowest BCUT2D eigenvalue weighted by molar-refractivity contribution is 0.0667. The van der Waals surface area contributed by atoms with Crippen LogP contribution in [0.15, 0.2) is 30.5 Å². The maximum absolute atomic E-state index is 12.7. The maximum atomic E-state index is 12.7. The molecule has 1 fully saturated rings. The van der Waals surface area contributed by atoms with Crippen LogP contribution >= 0.6 is 0 Å². The third-order valence-corrected chi connectivity index (χ3v) is 4.43. The highest BCUT2D eigenvalue weighted by Crippen LogP contribution is 2.29. The smallest absolute Gasteiger partial charge is 0.276 e. The second kappa shape index (κ2) is 7.52. The van der Waals surface area contributed by atoms with E-state index in [4.69, 9.17) is 10.5 Å². The van der Waals surface area contributed by atoms with Gasteiger partial charge in [-0.2, -0.15) is 0 Å². The number of hydrogen-bond acceptors (Lipinski definition) is 6. The fourth-order valence-corrected chi connectivity index (χ4v) is 3.15. The van der Waals surface area contributed by atoms with Gasteiger partial charge in [0.05, 0.1) is 25.5 Å². The van der Waals surface area contributed by atoms with E-state index in [0.29, 0.717) is 25.3 Å². The SMILES string of the molecule is COc1ccccc1N1CCN(C(=O)c2cn(CCN)nn2)[C@H](C)C1. The topological polar surface area (TPSA) is 89.5 Å². The van der Waals surface area contributed by atoms with Crippen LogP contribution in [0, 0.1) is 0 Å². The molecule has 8 heteroatoms. The molecule has 2 heterocycles. The molecule has 1 saturated heterocycles. The average Bonchev–Trinajstić information content (AvgIpc) is 3.10. The number of piperazine rings is 1. The zero-order valence-corrected chi connectivity index (χ0v) is 14.6. The molecule has 8 nitrogen and oxygen atoms in total. The van der Waals surface area contributed by atoms with E-state index in [1.807, 2.05) is 36.1 Å². The number of para-hydroxylation sites is 2. The van der Waals surface area contributed by atoms with E-state index in [1.165, 1.54) is 0 Å². The molecule has 0 aliphatic carbocycles. The number of hydrogen-bond donors (Lipinski definition) is 1. The fourth-order valence-electron chi connectivity index (χ4n) is 3.15. The number of benzene rings is 1. The standard InChI is InChI=1S/C17H24N6O2/c1-13-11-21(15-5-3-4-6-16(15)25-2)9-10-23(13)17(24)14-12-22(8-7-18)20-19-14/h3-6,12-13H,7-11,18H2,1-2H3/t13-/m1/s1. The minimum absolute atomic E-state index is 0.0609. The number of methoxy groups -OCH3 is 1. The number of nitrogens with zero attached hydrogens (tertiary/aromatic N) is 5. The van der Waals surface area contributed by atoms with Crippen molar-refractivity contribution in [3.05, 3.63) is 36.2 Å². The van der Waals surface area contributed by atoms with E-state index in [9.17, 15) is 4.79 Å². The minimum Gasteiger partial charge on any atom is -0.495 e. The summed E-state index contributed by atoms with van der Waals surface area (Å²) in [5, 5.41) is 7.93. The Kier molecular flexibility index (Phi) is 5.18. The monoisotopic (exact) mass is 344 g/mol. The predicted molar refractivity (Wildman–Crippen MR) is 94.8 cm³/mol. The Labute approximate surface area is 147 Å². The summed E-state index contributed by atoms with van der Waals surface area (Å²) in [6.07, 6.45) is 1.66. The summed E-state index contributed by atoms with van der Waals surface area (Å²) in [6.45, 7) is 5.17. The average molecular weight is 344 g/mol. The number of amides is 1. The lowest BCUT2D eigenvalue weighted by Crippen LogP contribution is -2.54.